The number of rotatable bonds is 1. The molecule has 0 unspecified atom stereocenters. The Morgan fingerprint density at radius 3 is 2.70 bits per heavy atom. The van der Waals surface area contributed by atoms with E-state index in [1.807, 2.05) is 13.0 Å². The lowest BCUT2D eigenvalue weighted by Crippen LogP contribution is -1.85. The molecule has 0 saturated heterocycles. The summed E-state index contributed by atoms with van der Waals surface area (Å²) in [6, 6.07) is 3.66. The smallest absolute Gasteiger partial charge is 0.0683 e. The average Bonchev–Trinajstić information content (AvgIpc) is 1.88. The highest BCUT2D eigenvalue weighted by Crippen LogP contribution is 1.98. The fourth-order valence-corrected chi connectivity index (χ4v) is 0.703. The number of aryl methyl sites for hydroxylation is 1. The zero-order valence-corrected chi connectivity index (χ0v) is 6.04. The van der Waals surface area contributed by atoms with Crippen LogP contribution in [0.15, 0.2) is 18.3 Å². The summed E-state index contributed by atoms with van der Waals surface area (Å²) >= 11 is 0. The molecule has 0 aliphatic heterocycles. The number of aromatic nitrogens is 1. The highest BCUT2D eigenvalue weighted by atomic mass is 16.3. The van der Waals surface area contributed by atoms with Gasteiger partial charge in [0.05, 0.1) is 6.61 Å². The highest BCUT2D eigenvalue weighted by Gasteiger charge is 1.87. The molecular weight excluding hydrogens is 128 g/mol. The van der Waals surface area contributed by atoms with Crippen LogP contribution in [-0.4, -0.2) is 10.1 Å². The van der Waals surface area contributed by atoms with E-state index in [9.17, 15) is 0 Å². The van der Waals surface area contributed by atoms with Gasteiger partial charge in [0.15, 0.2) is 0 Å². The molecule has 0 aliphatic rings. The third-order valence-electron chi connectivity index (χ3n) is 1.14. The molecule has 0 fully saturated rings. The predicted octanol–water partition coefficient (Wildman–Crippen LogP) is 1.04. The molecule has 0 aliphatic carbocycles. The summed E-state index contributed by atoms with van der Waals surface area (Å²) in [6.45, 7) is 2.00. The number of aliphatic hydroxyl groups excluding tert-OH is 1. The van der Waals surface area contributed by atoms with Crippen LogP contribution in [0.2, 0.25) is 0 Å². The van der Waals surface area contributed by atoms with Crippen molar-refractivity contribution in [2.24, 2.45) is 0 Å². The van der Waals surface area contributed by atoms with Crippen LogP contribution in [0, 0.1) is 6.92 Å². The van der Waals surface area contributed by atoms with Crippen molar-refractivity contribution in [2.75, 3.05) is 0 Å². The summed E-state index contributed by atoms with van der Waals surface area (Å²) in [7, 11) is 0. The number of nitrogens with zero attached hydrogens (tertiary/aromatic N) is 1. The van der Waals surface area contributed by atoms with Crippen LogP contribution < -0.4 is 6.15 Å². The maximum Gasteiger partial charge on any atom is 0.0683 e. The molecule has 3 nitrogen and oxygen atoms in total. The average molecular weight is 140 g/mol. The zero-order valence-electron chi connectivity index (χ0n) is 6.04. The second-order valence-electron chi connectivity index (χ2n) is 1.96. The molecule has 1 aromatic rings. The first-order chi connectivity index (χ1) is 4.33. The van der Waals surface area contributed by atoms with E-state index in [-0.39, 0.29) is 12.8 Å². The largest absolute Gasteiger partial charge is 0.392 e. The van der Waals surface area contributed by atoms with Crippen molar-refractivity contribution in [3.8, 4) is 0 Å². The fourth-order valence-electron chi connectivity index (χ4n) is 0.703. The Labute approximate surface area is 60.3 Å². The van der Waals surface area contributed by atoms with Crippen LogP contribution in [0.5, 0.6) is 0 Å². The summed E-state index contributed by atoms with van der Waals surface area (Å²) in [5.41, 5.74) is 1.86. The van der Waals surface area contributed by atoms with Gasteiger partial charge in [0, 0.05) is 11.9 Å². The van der Waals surface area contributed by atoms with Crippen molar-refractivity contribution >= 4 is 0 Å². The lowest BCUT2D eigenvalue weighted by Gasteiger charge is -1.94. The molecule has 0 radical (unpaired) electrons. The van der Waals surface area contributed by atoms with Gasteiger partial charge in [-0.15, -0.1) is 0 Å². The van der Waals surface area contributed by atoms with Crippen LogP contribution >= 0.6 is 0 Å². The Morgan fingerprint density at radius 1 is 1.60 bits per heavy atom. The van der Waals surface area contributed by atoms with Crippen molar-refractivity contribution < 1.29 is 5.11 Å². The van der Waals surface area contributed by atoms with E-state index in [1.54, 1.807) is 12.3 Å². The van der Waals surface area contributed by atoms with Crippen LogP contribution in [0.1, 0.15) is 11.3 Å². The molecule has 3 heteroatoms. The Bertz CT molecular complexity index is 201. The maximum atomic E-state index is 8.63. The Balaban J connectivity index is 0.000000810. The van der Waals surface area contributed by atoms with Gasteiger partial charge in [0.25, 0.3) is 0 Å². The van der Waals surface area contributed by atoms with Crippen LogP contribution in [-0.2, 0) is 6.61 Å². The van der Waals surface area contributed by atoms with E-state index in [1.165, 1.54) is 0 Å². The van der Waals surface area contributed by atoms with Crippen LogP contribution in [0.3, 0.4) is 0 Å². The number of hydrogen-bond acceptors (Lipinski definition) is 3. The van der Waals surface area contributed by atoms with Gasteiger partial charge in [-0.05, 0) is 24.6 Å². The van der Waals surface area contributed by atoms with Crippen molar-refractivity contribution in [3.63, 3.8) is 0 Å². The van der Waals surface area contributed by atoms with Crippen LogP contribution in [0.4, 0.5) is 0 Å². The molecule has 10 heavy (non-hydrogen) atoms. The van der Waals surface area contributed by atoms with E-state index in [2.05, 4.69) is 4.98 Å². The summed E-state index contributed by atoms with van der Waals surface area (Å²) < 4.78 is 0. The topological polar surface area (TPSA) is 68.1 Å². The molecule has 0 bridgehead atoms. The van der Waals surface area contributed by atoms with Gasteiger partial charge >= 0.3 is 0 Å². The van der Waals surface area contributed by atoms with E-state index in [0.29, 0.717) is 0 Å². The van der Waals surface area contributed by atoms with Gasteiger partial charge in [0.2, 0.25) is 0 Å². The molecule has 0 aromatic carbocycles. The zero-order chi connectivity index (χ0) is 6.69. The third kappa shape index (κ3) is 2.13. The van der Waals surface area contributed by atoms with Crippen molar-refractivity contribution in [2.45, 2.75) is 13.5 Å². The Kier molecular flexibility index (Phi) is 3.61. The molecule has 0 saturated carbocycles. The summed E-state index contributed by atoms with van der Waals surface area (Å²) in [5.74, 6) is 0. The molecule has 1 rings (SSSR count). The monoisotopic (exact) mass is 140 g/mol. The van der Waals surface area contributed by atoms with Gasteiger partial charge in [0.1, 0.15) is 0 Å². The van der Waals surface area contributed by atoms with E-state index < -0.39 is 0 Å². The minimum atomic E-state index is 0. The van der Waals surface area contributed by atoms with Crippen molar-refractivity contribution in [1.82, 2.24) is 11.1 Å². The van der Waals surface area contributed by atoms with Gasteiger partial charge in [-0.2, -0.15) is 0 Å². The normalized spacial score (nSPS) is 8.60. The molecule has 56 valence electrons. The summed E-state index contributed by atoms with van der Waals surface area (Å²) in [4.78, 5) is 3.98. The first-order valence-corrected chi connectivity index (χ1v) is 2.85. The van der Waals surface area contributed by atoms with Crippen molar-refractivity contribution in [3.05, 3.63) is 29.6 Å². The third-order valence-corrected chi connectivity index (χ3v) is 1.14. The lowest BCUT2D eigenvalue weighted by atomic mass is 10.2. The molecule has 1 heterocycles. The maximum absolute atomic E-state index is 8.63. The van der Waals surface area contributed by atoms with Crippen LogP contribution in [0.25, 0.3) is 0 Å². The van der Waals surface area contributed by atoms with Crippen molar-refractivity contribution in [1.29, 1.82) is 0 Å². The minimum Gasteiger partial charge on any atom is -0.392 e. The second-order valence-corrected chi connectivity index (χ2v) is 1.96. The Hall–Kier alpha value is -0.930. The van der Waals surface area contributed by atoms with E-state index in [0.717, 1.165) is 11.3 Å². The van der Waals surface area contributed by atoms with E-state index >= 15 is 0 Å². The van der Waals surface area contributed by atoms with Gasteiger partial charge in [-0.1, -0.05) is 0 Å². The standard InChI is InChI=1S/C7H9NO.H3N/c1-6-4-7(5-9)2-3-8-6;/h2-4,9H,5H2,1H3;1H3. The molecule has 1 aromatic heterocycles. The van der Waals surface area contributed by atoms with Gasteiger partial charge in [-0.25, -0.2) is 0 Å². The number of pyridine rings is 1. The first-order valence-electron chi connectivity index (χ1n) is 2.85. The highest BCUT2D eigenvalue weighted by molar-refractivity contribution is 5.13. The quantitative estimate of drug-likeness (QED) is 0.612. The minimum absolute atomic E-state index is 0. The SMILES string of the molecule is Cc1cc(CO)ccn1.N. The van der Waals surface area contributed by atoms with Gasteiger partial charge in [-0.3, -0.25) is 4.98 Å². The van der Waals surface area contributed by atoms with Gasteiger partial charge < -0.3 is 11.3 Å². The van der Waals surface area contributed by atoms with E-state index in [4.69, 9.17) is 5.11 Å². The number of aliphatic hydroxyl groups is 1. The second kappa shape index (κ2) is 3.98. The molecule has 0 spiro atoms. The lowest BCUT2D eigenvalue weighted by molar-refractivity contribution is 0.281. The molecule has 0 amide bonds. The fraction of sp³-hybridized carbons (Fsp3) is 0.286. The number of hydrogen-bond donors (Lipinski definition) is 2. The molecular formula is C7H12N2O. The first kappa shape index (κ1) is 9.07. The predicted molar refractivity (Wildman–Crippen MR) is 39.9 cm³/mol. The molecule has 0 atom stereocenters. The summed E-state index contributed by atoms with van der Waals surface area (Å²) in [6.07, 6.45) is 1.70. The molecule has 4 N–H and O–H groups in total. The summed E-state index contributed by atoms with van der Waals surface area (Å²) in [5, 5.41) is 8.63. The Morgan fingerprint density at radius 2 is 2.30 bits per heavy atom.